The van der Waals surface area contributed by atoms with Gasteiger partial charge in [-0.25, -0.2) is 4.79 Å². The van der Waals surface area contributed by atoms with E-state index in [-0.39, 0.29) is 6.03 Å². The zero-order chi connectivity index (χ0) is 14.8. The van der Waals surface area contributed by atoms with Crippen LogP contribution < -0.4 is 5.32 Å². The van der Waals surface area contributed by atoms with E-state index in [1.165, 1.54) is 19.3 Å². The topological polar surface area (TPSA) is 58.4 Å². The fourth-order valence-electron chi connectivity index (χ4n) is 3.65. The van der Waals surface area contributed by atoms with E-state index in [1.54, 1.807) is 0 Å². The predicted octanol–water partition coefficient (Wildman–Crippen LogP) is 3.27. The van der Waals surface area contributed by atoms with Crippen molar-refractivity contribution in [2.24, 2.45) is 5.92 Å². The van der Waals surface area contributed by atoms with Gasteiger partial charge in [-0.1, -0.05) is 25.4 Å². The highest BCUT2D eigenvalue weighted by Gasteiger charge is 2.37. The Kier molecular flexibility index (Phi) is 4.17. The lowest BCUT2D eigenvalue weighted by atomic mass is 9.92. The second-order valence-electron chi connectivity index (χ2n) is 6.63. The fourth-order valence-corrected chi connectivity index (χ4v) is 3.65. The third-order valence-electron chi connectivity index (χ3n) is 4.84. The number of amides is 2. The van der Waals surface area contributed by atoms with Crippen molar-refractivity contribution < 1.29 is 9.32 Å². The monoisotopic (exact) mass is 291 g/mol. The molecule has 5 nitrogen and oxygen atoms in total. The van der Waals surface area contributed by atoms with Gasteiger partial charge in [0.2, 0.25) is 0 Å². The number of hydrogen-bond donors (Lipinski definition) is 1. The minimum absolute atomic E-state index is 0.0501. The minimum Gasteiger partial charge on any atom is -0.359 e. The molecule has 1 aromatic rings. The van der Waals surface area contributed by atoms with Gasteiger partial charge in [-0.3, -0.25) is 0 Å². The molecule has 2 atom stereocenters. The summed E-state index contributed by atoms with van der Waals surface area (Å²) in [5.74, 6) is 1.80. The van der Waals surface area contributed by atoms with Crippen molar-refractivity contribution in [3.8, 4) is 0 Å². The summed E-state index contributed by atoms with van der Waals surface area (Å²) in [7, 11) is 0. The number of nitrogens with one attached hydrogen (secondary N) is 1. The third-order valence-corrected chi connectivity index (χ3v) is 4.84. The molecule has 2 amide bonds. The van der Waals surface area contributed by atoms with Gasteiger partial charge < -0.3 is 14.7 Å². The first kappa shape index (κ1) is 14.4. The number of piperidine rings is 1. The van der Waals surface area contributed by atoms with E-state index in [1.807, 2.05) is 11.0 Å². The van der Waals surface area contributed by atoms with Crippen LogP contribution in [0.15, 0.2) is 10.6 Å². The number of hydrogen-bond acceptors (Lipinski definition) is 3. The van der Waals surface area contributed by atoms with Gasteiger partial charge in [0.05, 0.1) is 12.2 Å². The Bertz CT molecular complexity index is 497. The summed E-state index contributed by atoms with van der Waals surface area (Å²) in [6.45, 7) is 5.47. The van der Waals surface area contributed by atoms with Crippen LogP contribution in [-0.4, -0.2) is 28.7 Å². The van der Waals surface area contributed by atoms with E-state index >= 15 is 0 Å². The van der Waals surface area contributed by atoms with Gasteiger partial charge in [-0.2, -0.15) is 0 Å². The van der Waals surface area contributed by atoms with Gasteiger partial charge in [0.15, 0.2) is 5.76 Å². The molecule has 1 N–H and O–H groups in total. The van der Waals surface area contributed by atoms with Crippen LogP contribution in [0.4, 0.5) is 4.79 Å². The zero-order valence-electron chi connectivity index (χ0n) is 13.0. The maximum Gasteiger partial charge on any atom is 0.318 e. The van der Waals surface area contributed by atoms with Crippen molar-refractivity contribution in [2.45, 2.75) is 64.5 Å². The lowest BCUT2D eigenvalue weighted by Gasteiger charge is -2.37. The molecule has 0 spiro atoms. The number of fused-ring (bicyclic) bond motifs is 1. The van der Waals surface area contributed by atoms with Gasteiger partial charge in [0.25, 0.3) is 0 Å². The molecule has 5 heteroatoms. The first-order valence-electron chi connectivity index (χ1n) is 8.15. The molecule has 2 aliphatic rings. The van der Waals surface area contributed by atoms with Crippen molar-refractivity contribution in [1.29, 1.82) is 0 Å². The third kappa shape index (κ3) is 3.06. The van der Waals surface area contributed by atoms with E-state index in [0.29, 0.717) is 18.5 Å². The van der Waals surface area contributed by atoms with Crippen LogP contribution in [0.2, 0.25) is 0 Å². The zero-order valence-corrected chi connectivity index (χ0v) is 13.0. The molecule has 0 aromatic carbocycles. The number of carbonyl (C=O) groups excluding carboxylic acids is 1. The van der Waals surface area contributed by atoms with Crippen LogP contribution in [0.3, 0.4) is 0 Å². The predicted molar refractivity (Wildman–Crippen MR) is 79.9 cm³/mol. The van der Waals surface area contributed by atoms with Gasteiger partial charge in [0.1, 0.15) is 0 Å². The van der Waals surface area contributed by atoms with E-state index in [0.717, 1.165) is 36.8 Å². The van der Waals surface area contributed by atoms with E-state index in [9.17, 15) is 4.79 Å². The average Bonchev–Trinajstić information content (AvgIpc) is 3.12. The summed E-state index contributed by atoms with van der Waals surface area (Å²) in [4.78, 5) is 14.5. The quantitative estimate of drug-likeness (QED) is 0.929. The van der Waals surface area contributed by atoms with E-state index < -0.39 is 0 Å². The number of aromatic nitrogens is 1. The molecule has 3 rings (SSSR count). The van der Waals surface area contributed by atoms with Crippen LogP contribution in [0.5, 0.6) is 0 Å². The van der Waals surface area contributed by atoms with Crippen molar-refractivity contribution in [1.82, 2.24) is 15.4 Å². The molecular formula is C16H25N3O2. The highest BCUT2D eigenvalue weighted by molar-refractivity contribution is 5.74. The Hall–Kier alpha value is -1.52. The molecule has 21 heavy (non-hydrogen) atoms. The van der Waals surface area contributed by atoms with Crippen molar-refractivity contribution in [2.75, 3.05) is 6.54 Å². The SMILES string of the molecule is CC(C)c1cc(CNC(=O)N2CCCC3CCCC32)on1. The molecule has 1 aliphatic carbocycles. The number of rotatable bonds is 3. The normalized spacial score (nSPS) is 25.2. The summed E-state index contributed by atoms with van der Waals surface area (Å²) < 4.78 is 5.27. The minimum atomic E-state index is 0.0501. The lowest BCUT2D eigenvalue weighted by molar-refractivity contribution is 0.127. The molecule has 0 radical (unpaired) electrons. The molecule has 2 fully saturated rings. The Morgan fingerprint density at radius 3 is 3.00 bits per heavy atom. The number of carbonyl (C=O) groups is 1. The fraction of sp³-hybridized carbons (Fsp3) is 0.750. The largest absolute Gasteiger partial charge is 0.359 e. The van der Waals surface area contributed by atoms with Gasteiger partial charge in [-0.15, -0.1) is 0 Å². The van der Waals surface area contributed by atoms with Gasteiger partial charge in [-0.05, 0) is 37.5 Å². The van der Waals surface area contributed by atoms with Gasteiger partial charge >= 0.3 is 6.03 Å². The van der Waals surface area contributed by atoms with Gasteiger partial charge in [0, 0.05) is 18.7 Å². The van der Waals surface area contributed by atoms with E-state index in [2.05, 4.69) is 24.3 Å². The molecule has 116 valence electrons. The molecule has 1 saturated carbocycles. The van der Waals surface area contributed by atoms with Crippen molar-refractivity contribution in [3.63, 3.8) is 0 Å². The Morgan fingerprint density at radius 1 is 1.43 bits per heavy atom. The van der Waals surface area contributed by atoms with Crippen LogP contribution in [0, 0.1) is 5.92 Å². The molecule has 1 saturated heterocycles. The summed E-state index contributed by atoms with van der Waals surface area (Å²) in [5.41, 5.74) is 0.938. The second-order valence-corrected chi connectivity index (χ2v) is 6.63. The Morgan fingerprint density at radius 2 is 2.24 bits per heavy atom. The maximum absolute atomic E-state index is 12.4. The smallest absolute Gasteiger partial charge is 0.318 e. The Balaban J connectivity index is 1.55. The Labute approximate surface area is 126 Å². The number of likely N-dealkylation sites (tertiary alicyclic amines) is 1. The van der Waals surface area contributed by atoms with Crippen molar-refractivity contribution >= 4 is 6.03 Å². The molecule has 2 unspecified atom stereocenters. The maximum atomic E-state index is 12.4. The number of urea groups is 1. The molecule has 1 aliphatic heterocycles. The van der Waals surface area contributed by atoms with Crippen LogP contribution in [0.1, 0.15) is 63.3 Å². The summed E-state index contributed by atoms with van der Waals surface area (Å²) in [6.07, 6.45) is 6.13. The summed E-state index contributed by atoms with van der Waals surface area (Å²) in [6, 6.07) is 2.44. The molecular weight excluding hydrogens is 266 g/mol. The lowest BCUT2D eigenvalue weighted by Crippen LogP contribution is -2.50. The van der Waals surface area contributed by atoms with Crippen LogP contribution in [-0.2, 0) is 6.54 Å². The van der Waals surface area contributed by atoms with E-state index in [4.69, 9.17) is 4.52 Å². The first-order valence-corrected chi connectivity index (χ1v) is 8.15. The highest BCUT2D eigenvalue weighted by atomic mass is 16.5. The van der Waals surface area contributed by atoms with Crippen LogP contribution >= 0.6 is 0 Å². The molecule has 0 bridgehead atoms. The molecule has 2 heterocycles. The van der Waals surface area contributed by atoms with Crippen LogP contribution in [0.25, 0.3) is 0 Å². The standard InChI is InChI=1S/C16H25N3O2/c1-11(2)14-9-13(21-18-14)10-17-16(20)19-8-4-6-12-5-3-7-15(12)19/h9,11-12,15H,3-8,10H2,1-2H3,(H,17,20). The average molecular weight is 291 g/mol. The second kappa shape index (κ2) is 6.08. The highest BCUT2D eigenvalue weighted by Crippen LogP contribution is 2.36. The first-order chi connectivity index (χ1) is 10.1. The molecule has 1 aromatic heterocycles. The number of nitrogens with zero attached hydrogens (tertiary/aromatic N) is 2. The summed E-state index contributed by atoms with van der Waals surface area (Å²) >= 11 is 0. The van der Waals surface area contributed by atoms with Crippen molar-refractivity contribution in [3.05, 3.63) is 17.5 Å². The summed E-state index contributed by atoms with van der Waals surface area (Å²) in [5, 5.41) is 7.01.